The first-order chi connectivity index (χ1) is 15.6. The molecule has 0 amide bonds. The Morgan fingerprint density at radius 3 is 2.50 bits per heavy atom. The summed E-state index contributed by atoms with van der Waals surface area (Å²) in [6, 6.07) is 16.4. The molecule has 6 heteroatoms. The number of ketones is 1. The van der Waals surface area contributed by atoms with Gasteiger partial charge in [-0.2, -0.15) is 0 Å². The molecule has 0 N–H and O–H groups in total. The number of aryl methyl sites for hydroxylation is 1. The Hall–Kier alpha value is -2.47. The second-order valence-electron chi connectivity index (χ2n) is 8.45. The molecule has 0 saturated carbocycles. The van der Waals surface area contributed by atoms with Gasteiger partial charge in [-0.15, -0.1) is 11.3 Å². The molecule has 1 saturated heterocycles. The van der Waals surface area contributed by atoms with Crippen LogP contribution in [0.15, 0.2) is 59.5 Å². The SMILES string of the molecule is CC(=O)c1ccc(N2CCN(CC3=C(Cl)c4ccc(-c5cccs5)nc4CC3)CC2)cc1. The molecular weight excluding hydrogens is 438 g/mol. The van der Waals surface area contributed by atoms with Crippen LogP contribution < -0.4 is 4.90 Å². The van der Waals surface area contributed by atoms with Gasteiger partial charge in [-0.3, -0.25) is 14.7 Å². The Labute approximate surface area is 198 Å². The van der Waals surface area contributed by atoms with Crippen molar-refractivity contribution in [1.29, 1.82) is 0 Å². The highest BCUT2D eigenvalue weighted by Gasteiger charge is 2.23. The number of aromatic nitrogens is 1. The van der Waals surface area contributed by atoms with Gasteiger partial charge in [0.15, 0.2) is 5.78 Å². The van der Waals surface area contributed by atoms with Crippen molar-refractivity contribution in [2.24, 2.45) is 0 Å². The number of carbonyl (C=O) groups excluding carboxylic acids is 1. The summed E-state index contributed by atoms with van der Waals surface area (Å²) in [7, 11) is 0. The quantitative estimate of drug-likeness (QED) is 0.452. The van der Waals surface area contributed by atoms with Gasteiger partial charge in [-0.05, 0) is 73.2 Å². The van der Waals surface area contributed by atoms with Crippen molar-refractivity contribution in [3.63, 3.8) is 0 Å². The van der Waals surface area contributed by atoms with E-state index in [2.05, 4.69) is 51.6 Å². The number of rotatable bonds is 5. The fourth-order valence-corrected chi connectivity index (χ4v) is 5.53. The molecule has 0 spiro atoms. The van der Waals surface area contributed by atoms with Crippen LogP contribution in [-0.2, 0) is 6.42 Å². The molecule has 2 aliphatic rings. The van der Waals surface area contributed by atoms with Crippen molar-refractivity contribution in [3.05, 3.63) is 76.3 Å². The van der Waals surface area contributed by atoms with Gasteiger partial charge in [-0.25, -0.2) is 0 Å². The summed E-state index contributed by atoms with van der Waals surface area (Å²) in [5.41, 5.74) is 6.53. The Morgan fingerprint density at radius 1 is 1.03 bits per heavy atom. The Kier molecular flexibility index (Phi) is 6.13. The van der Waals surface area contributed by atoms with Crippen molar-refractivity contribution in [1.82, 2.24) is 9.88 Å². The number of benzene rings is 1. The van der Waals surface area contributed by atoms with E-state index in [9.17, 15) is 4.79 Å². The zero-order chi connectivity index (χ0) is 22.1. The minimum Gasteiger partial charge on any atom is -0.369 e. The number of pyridine rings is 1. The van der Waals surface area contributed by atoms with E-state index < -0.39 is 0 Å². The van der Waals surface area contributed by atoms with E-state index >= 15 is 0 Å². The molecule has 1 aromatic carbocycles. The number of Topliss-reactive ketones (excluding diaryl/α,β-unsaturated/α-hetero) is 1. The molecule has 2 aromatic heterocycles. The normalized spacial score (nSPS) is 16.9. The molecule has 1 fully saturated rings. The first kappa shape index (κ1) is 21.4. The lowest BCUT2D eigenvalue weighted by atomic mass is 9.95. The smallest absolute Gasteiger partial charge is 0.159 e. The standard InChI is InChI=1S/C26H26ClN3OS/c1-18(31)19-4-7-21(8-5-19)30-14-12-29(13-15-30)17-20-6-10-23-22(26(20)27)9-11-24(28-23)25-3-2-16-32-25/h2-5,7-9,11,16H,6,10,12-15,17H2,1H3. The van der Waals surface area contributed by atoms with Crippen molar-refractivity contribution in [2.45, 2.75) is 19.8 Å². The first-order valence-electron chi connectivity index (χ1n) is 11.1. The van der Waals surface area contributed by atoms with Crippen LogP contribution in [-0.4, -0.2) is 48.4 Å². The first-order valence-corrected chi connectivity index (χ1v) is 12.3. The molecule has 5 rings (SSSR count). The average Bonchev–Trinajstić information content (AvgIpc) is 3.36. The van der Waals surface area contributed by atoms with E-state index in [-0.39, 0.29) is 5.78 Å². The Bertz CT molecular complexity index is 1150. The number of carbonyl (C=O) groups is 1. The highest BCUT2D eigenvalue weighted by Crippen LogP contribution is 2.35. The van der Waals surface area contributed by atoms with Crippen LogP contribution in [0.2, 0.25) is 0 Å². The fraction of sp³-hybridized carbons (Fsp3) is 0.308. The molecular formula is C26H26ClN3OS. The number of thiophene rings is 1. The predicted molar refractivity (Wildman–Crippen MR) is 134 cm³/mol. The molecule has 0 unspecified atom stereocenters. The summed E-state index contributed by atoms with van der Waals surface area (Å²) in [4.78, 5) is 22.5. The number of halogens is 1. The van der Waals surface area contributed by atoms with Gasteiger partial charge >= 0.3 is 0 Å². The molecule has 3 aromatic rings. The predicted octanol–water partition coefficient (Wildman–Crippen LogP) is 5.73. The van der Waals surface area contributed by atoms with Gasteiger partial charge in [0.1, 0.15) is 0 Å². The summed E-state index contributed by atoms with van der Waals surface area (Å²) >= 11 is 8.57. The number of piperazine rings is 1. The van der Waals surface area contributed by atoms with E-state index in [1.54, 1.807) is 18.3 Å². The monoisotopic (exact) mass is 463 g/mol. The number of fused-ring (bicyclic) bond motifs is 1. The minimum atomic E-state index is 0.110. The molecule has 164 valence electrons. The average molecular weight is 464 g/mol. The van der Waals surface area contributed by atoms with Crippen LogP contribution >= 0.6 is 22.9 Å². The summed E-state index contributed by atoms with van der Waals surface area (Å²) in [6.07, 6.45) is 1.92. The van der Waals surface area contributed by atoms with Crippen molar-refractivity contribution < 1.29 is 4.79 Å². The summed E-state index contributed by atoms with van der Waals surface area (Å²) in [6.45, 7) is 6.49. The van der Waals surface area contributed by atoms with E-state index in [1.807, 2.05) is 12.1 Å². The lowest BCUT2D eigenvalue weighted by Crippen LogP contribution is -2.47. The minimum absolute atomic E-state index is 0.110. The topological polar surface area (TPSA) is 36.4 Å². The second kappa shape index (κ2) is 9.18. The van der Waals surface area contributed by atoms with Crippen LogP contribution in [0, 0.1) is 0 Å². The molecule has 4 nitrogen and oxygen atoms in total. The van der Waals surface area contributed by atoms with E-state index in [4.69, 9.17) is 16.6 Å². The van der Waals surface area contributed by atoms with E-state index in [0.29, 0.717) is 0 Å². The molecule has 1 aliphatic heterocycles. The van der Waals surface area contributed by atoms with Gasteiger partial charge in [0.25, 0.3) is 0 Å². The molecule has 32 heavy (non-hydrogen) atoms. The molecule has 3 heterocycles. The third kappa shape index (κ3) is 4.38. The highest BCUT2D eigenvalue weighted by molar-refractivity contribution is 7.13. The number of hydrogen-bond acceptors (Lipinski definition) is 5. The zero-order valence-electron chi connectivity index (χ0n) is 18.2. The lowest BCUT2D eigenvalue weighted by Gasteiger charge is -2.37. The number of nitrogens with zero attached hydrogens (tertiary/aromatic N) is 3. The Morgan fingerprint density at radius 2 is 1.81 bits per heavy atom. The van der Waals surface area contributed by atoms with Crippen LogP contribution in [0.4, 0.5) is 5.69 Å². The van der Waals surface area contributed by atoms with Crippen LogP contribution in [0.25, 0.3) is 15.6 Å². The van der Waals surface area contributed by atoms with E-state index in [0.717, 1.165) is 73.1 Å². The summed E-state index contributed by atoms with van der Waals surface area (Å²) in [5.74, 6) is 0.110. The molecule has 0 bridgehead atoms. The third-order valence-electron chi connectivity index (χ3n) is 6.38. The van der Waals surface area contributed by atoms with Gasteiger partial charge in [-0.1, -0.05) is 17.7 Å². The van der Waals surface area contributed by atoms with Crippen LogP contribution in [0.5, 0.6) is 0 Å². The second-order valence-corrected chi connectivity index (χ2v) is 9.78. The highest BCUT2D eigenvalue weighted by atomic mass is 35.5. The summed E-state index contributed by atoms with van der Waals surface area (Å²) < 4.78 is 0. The van der Waals surface area contributed by atoms with Crippen LogP contribution in [0.1, 0.15) is 35.0 Å². The Balaban J connectivity index is 1.23. The molecule has 1 aliphatic carbocycles. The van der Waals surface area contributed by atoms with E-state index in [1.165, 1.54) is 16.1 Å². The zero-order valence-corrected chi connectivity index (χ0v) is 19.8. The van der Waals surface area contributed by atoms with Gasteiger partial charge in [0, 0.05) is 49.5 Å². The molecule has 0 atom stereocenters. The van der Waals surface area contributed by atoms with Gasteiger partial charge in [0.2, 0.25) is 0 Å². The number of anilines is 1. The molecule has 0 radical (unpaired) electrons. The van der Waals surface area contributed by atoms with Gasteiger partial charge < -0.3 is 4.90 Å². The largest absolute Gasteiger partial charge is 0.369 e. The maximum Gasteiger partial charge on any atom is 0.159 e. The van der Waals surface area contributed by atoms with Crippen molar-refractivity contribution in [2.75, 3.05) is 37.6 Å². The number of hydrogen-bond donors (Lipinski definition) is 0. The maximum absolute atomic E-state index is 11.5. The van der Waals surface area contributed by atoms with Gasteiger partial charge in [0.05, 0.1) is 21.3 Å². The van der Waals surface area contributed by atoms with Crippen molar-refractivity contribution >= 4 is 39.4 Å². The maximum atomic E-state index is 11.5. The third-order valence-corrected chi connectivity index (χ3v) is 7.75. The van der Waals surface area contributed by atoms with Crippen molar-refractivity contribution in [3.8, 4) is 10.6 Å². The summed E-state index contributed by atoms with van der Waals surface area (Å²) in [5, 5.41) is 2.97. The fourth-order valence-electron chi connectivity index (χ4n) is 4.51. The van der Waals surface area contributed by atoms with Crippen LogP contribution in [0.3, 0.4) is 0 Å². The lowest BCUT2D eigenvalue weighted by molar-refractivity contribution is 0.101.